The SMILES string of the molecule is NNC(=O)Cc1ccc(-c2ccccc2)[nH]1. The third-order valence-electron chi connectivity index (χ3n) is 2.34. The molecule has 1 heterocycles. The molecule has 4 heteroatoms. The molecule has 0 atom stereocenters. The topological polar surface area (TPSA) is 70.9 Å². The lowest BCUT2D eigenvalue weighted by Gasteiger charge is -1.98. The number of hydrogen-bond donors (Lipinski definition) is 3. The van der Waals surface area contributed by atoms with Crippen molar-refractivity contribution in [3.05, 3.63) is 48.2 Å². The van der Waals surface area contributed by atoms with Gasteiger partial charge < -0.3 is 4.98 Å². The van der Waals surface area contributed by atoms with E-state index in [0.29, 0.717) is 0 Å². The van der Waals surface area contributed by atoms with Crippen LogP contribution in [0.15, 0.2) is 42.5 Å². The lowest BCUT2D eigenvalue weighted by Crippen LogP contribution is -2.31. The summed E-state index contributed by atoms with van der Waals surface area (Å²) in [5, 5.41) is 0. The Balaban J connectivity index is 2.17. The molecule has 1 amide bonds. The molecule has 0 aliphatic heterocycles. The molecular weight excluding hydrogens is 202 g/mol. The van der Waals surface area contributed by atoms with Crippen molar-refractivity contribution in [1.82, 2.24) is 10.4 Å². The van der Waals surface area contributed by atoms with Crippen LogP contribution in [0.2, 0.25) is 0 Å². The minimum Gasteiger partial charge on any atom is -0.358 e. The van der Waals surface area contributed by atoms with E-state index in [9.17, 15) is 4.79 Å². The Morgan fingerprint density at radius 3 is 2.62 bits per heavy atom. The summed E-state index contributed by atoms with van der Waals surface area (Å²) >= 11 is 0. The molecule has 16 heavy (non-hydrogen) atoms. The van der Waals surface area contributed by atoms with Crippen molar-refractivity contribution in [1.29, 1.82) is 0 Å². The number of benzene rings is 1. The van der Waals surface area contributed by atoms with E-state index in [1.807, 2.05) is 42.5 Å². The summed E-state index contributed by atoms with van der Waals surface area (Å²) in [5.41, 5.74) is 5.05. The average Bonchev–Trinajstić information content (AvgIpc) is 2.78. The van der Waals surface area contributed by atoms with Gasteiger partial charge in [0.1, 0.15) is 0 Å². The second kappa shape index (κ2) is 4.63. The predicted octanol–water partition coefficient (Wildman–Crippen LogP) is 1.21. The fourth-order valence-corrected chi connectivity index (χ4v) is 1.55. The summed E-state index contributed by atoms with van der Waals surface area (Å²) in [6.45, 7) is 0. The number of aromatic amines is 1. The Hall–Kier alpha value is -2.07. The molecule has 0 spiro atoms. The van der Waals surface area contributed by atoms with E-state index >= 15 is 0 Å². The minimum absolute atomic E-state index is 0.207. The molecular formula is C12H13N3O. The van der Waals surface area contributed by atoms with Crippen molar-refractivity contribution in [2.45, 2.75) is 6.42 Å². The normalized spacial score (nSPS) is 10.1. The van der Waals surface area contributed by atoms with Crippen molar-refractivity contribution in [2.75, 3.05) is 0 Å². The maximum Gasteiger partial charge on any atom is 0.239 e. The number of rotatable bonds is 3. The van der Waals surface area contributed by atoms with Crippen LogP contribution in [0.5, 0.6) is 0 Å². The van der Waals surface area contributed by atoms with Crippen LogP contribution in [0, 0.1) is 0 Å². The van der Waals surface area contributed by atoms with E-state index in [4.69, 9.17) is 5.84 Å². The van der Waals surface area contributed by atoms with Gasteiger partial charge in [-0.15, -0.1) is 0 Å². The summed E-state index contributed by atoms with van der Waals surface area (Å²) in [7, 11) is 0. The van der Waals surface area contributed by atoms with Gasteiger partial charge in [0.15, 0.2) is 0 Å². The third-order valence-corrected chi connectivity index (χ3v) is 2.34. The lowest BCUT2D eigenvalue weighted by atomic mass is 10.2. The van der Waals surface area contributed by atoms with Crippen LogP contribution in [0.1, 0.15) is 5.69 Å². The number of nitrogens with one attached hydrogen (secondary N) is 2. The highest BCUT2D eigenvalue weighted by Gasteiger charge is 2.04. The molecule has 0 aliphatic rings. The number of nitrogens with two attached hydrogens (primary N) is 1. The number of aromatic nitrogens is 1. The number of amides is 1. The fourth-order valence-electron chi connectivity index (χ4n) is 1.55. The predicted molar refractivity (Wildman–Crippen MR) is 62.3 cm³/mol. The van der Waals surface area contributed by atoms with Gasteiger partial charge in [-0.3, -0.25) is 10.2 Å². The number of hydrogen-bond acceptors (Lipinski definition) is 2. The van der Waals surface area contributed by atoms with Crippen molar-refractivity contribution in [3.8, 4) is 11.3 Å². The van der Waals surface area contributed by atoms with Crippen LogP contribution >= 0.6 is 0 Å². The van der Waals surface area contributed by atoms with Crippen molar-refractivity contribution < 1.29 is 4.79 Å². The van der Waals surface area contributed by atoms with E-state index in [0.717, 1.165) is 17.0 Å². The number of H-pyrrole nitrogens is 1. The van der Waals surface area contributed by atoms with Gasteiger partial charge in [0.05, 0.1) is 6.42 Å². The summed E-state index contributed by atoms with van der Waals surface area (Å²) < 4.78 is 0. The molecule has 0 saturated heterocycles. The first-order valence-corrected chi connectivity index (χ1v) is 5.02. The second-order valence-corrected chi connectivity index (χ2v) is 3.51. The molecule has 4 N–H and O–H groups in total. The van der Waals surface area contributed by atoms with Gasteiger partial charge >= 0.3 is 0 Å². The number of carbonyl (C=O) groups is 1. The van der Waals surface area contributed by atoms with Crippen LogP contribution in [-0.4, -0.2) is 10.9 Å². The Kier molecular flexibility index (Phi) is 3.03. The molecule has 0 unspecified atom stereocenters. The van der Waals surface area contributed by atoms with E-state index < -0.39 is 0 Å². The Bertz CT molecular complexity index is 476. The van der Waals surface area contributed by atoms with Gasteiger partial charge in [-0.25, -0.2) is 5.84 Å². The van der Waals surface area contributed by atoms with E-state index in [-0.39, 0.29) is 12.3 Å². The van der Waals surface area contributed by atoms with Gasteiger partial charge in [-0.05, 0) is 17.7 Å². The van der Waals surface area contributed by atoms with Crippen LogP contribution in [0.3, 0.4) is 0 Å². The van der Waals surface area contributed by atoms with E-state index in [1.54, 1.807) is 0 Å². The summed E-state index contributed by atoms with van der Waals surface area (Å²) in [6.07, 6.45) is 0.267. The zero-order valence-corrected chi connectivity index (χ0v) is 8.73. The van der Waals surface area contributed by atoms with Gasteiger partial charge in [0.2, 0.25) is 5.91 Å². The summed E-state index contributed by atoms with van der Waals surface area (Å²) in [6, 6.07) is 13.8. The van der Waals surface area contributed by atoms with Crippen molar-refractivity contribution in [3.63, 3.8) is 0 Å². The Morgan fingerprint density at radius 1 is 1.19 bits per heavy atom. The Labute approximate surface area is 93.4 Å². The highest BCUT2D eigenvalue weighted by molar-refractivity contribution is 5.77. The molecule has 0 bridgehead atoms. The van der Waals surface area contributed by atoms with Gasteiger partial charge in [0.25, 0.3) is 0 Å². The standard InChI is InChI=1S/C12H13N3O/c13-15-12(16)8-10-6-7-11(14-10)9-4-2-1-3-5-9/h1-7,14H,8,13H2,(H,15,16). The molecule has 0 saturated carbocycles. The maximum atomic E-state index is 11.1. The monoisotopic (exact) mass is 215 g/mol. The quantitative estimate of drug-likeness (QED) is 0.409. The minimum atomic E-state index is -0.207. The summed E-state index contributed by atoms with van der Waals surface area (Å²) in [5.74, 6) is 4.82. The average molecular weight is 215 g/mol. The van der Waals surface area contributed by atoms with Crippen molar-refractivity contribution in [2.24, 2.45) is 5.84 Å². The largest absolute Gasteiger partial charge is 0.358 e. The first-order chi connectivity index (χ1) is 7.79. The zero-order valence-electron chi connectivity index (χ0n) is 8.73. The molecule has 1 aromatic carbocycles. The third kappa shape index (κ3) is 2.29. The van der Waals surface area contributed by atoms with Crippen LogP contribution in [-0.2, 0) is 11.2 Å². The zero-order chi connectivity index (χ0) is 11.4. The van der Waals surface area contributed by atoms with Crippen LogP contribution < -0.4 is 11.3 Å². The molecule has 1 aromatic heterocycles. The molecule has 0 fully saturated rings. The lowest BCUT2D eigenvalue weighted by molar-refractivity contribution is -0.120. The van der Waals surface area contributed by atoms with Crippen LogP contribution in [0.4, 0.5) is 0 Å². The molecule has 2 rings (SSSR count). The fraction of sp³-hybridized carbons (Fsp3) is 0.0833. The van der Waals surface area contributed by atoms with Gasteiger partial charge in [-0.2, -0.15) is 0 Å². The Morgan fingerprint density at radius 2 is 1.94 bits per heavy atom. The van der Waals surface area contributed by atoms with E-state index in [1.165, 1.54) is 0 Å². The molecule has 82 valence electrons. The second-order valence-electron chi connectivity index (χ2n) is 3.51. The number of hydrazine groups is 1. The van der Waals surface area contributed by atoms with E-state index in [2.05, 4.69) is 10.4 Å². The highest BCUT2D eigenvalue weighted by atomic mass is 16.2. The first kappa shape index (κ1) is 10.4. The van der Waals surface area contributed by atoms with Crippen LogP contribution in [0.25, 0.3) is 11.3 Å². The smallest absolute Gasteiger partial charge is 0.239 e. The molecule has 0 radical (unpaired) electrons. The summed E-state index contributed by atoms with van der Waals surface area (Å²) in [4.78, 5) is 14.2. The first-order valence-electron chi connectivity index (χ1n) is 5.02. The number of carbonyl (C=O) groups excluding carboxylic acids is 1. The van der Waals surface area contributed by atoms with Crippen molar-refractivity contribution >= 4 is 5.91 Å². The van der Waals surface area contributed by atoms with Gasteiger partial charge in [0, 0.05) is 11.4 Å². The maximum absolute atomic E-state index is 11.1. The highest BCUT2D eigenvalue weighted by Crippen LogP contribution is 2.17. The van der Waals surface area contributed by atoms with Gasteiger partial charge in [-0.1, -0.05) is 30.3 Å². The molecule has 2 aromatic rings. The molecule has 4 nitrogen and oxygen atoms in total. The molecule has 0 aliphatic carbocycles.